The van der Waals surface area contributed by atoms with Crippen molar-refractivity contribution in [2.45, 2.75) is 6.92 Å². The molecule has 2 aliphatic heterocycles. The highest BCUT2D eigenvalue weighted by Crippen LogP contribution is 2.38. The second kappa shape index (κ2) is 11.6. The number of nitrogens with one attached hydrogen (secondary N) is 1. The van der Waals surface area contributed by atoms with Crippen molar-refractivity contribution in [2.24, 2.45) is 10.1 Å². The van der Waals surface area contributed by atoms with E-state index in [0.717, 1.165) is 11.3 Å². The Morgan fingerprint density at radius 3 is 2.67 bits per heavy atom. The van der Waals surface area contributed by atoms with Crippen LogP contribution in [0.25, 0.3) is 6.08 Å². The first kappa shape index (κ1) is 27.0. The van der Waals surface area contributed by atoms with Crippen LogP contribution in [0, 0.1) is 12.3 Å². The minimum atomic E-state index is -0.530. The molecule has 5 rings (SSSR count). The molecule has 0 radical (unpaired) electrons. The molecule has 39 heavy (non-hydrogen) atoms. The number of benzene rings is 3. The largest absolute Gasteiger partial charge is 0.493 e. The number of thioether (sulfide) groups is 1. The van der Waals surface area contributed by atoms with Crippen molar-refractivity contribution in [1.29, 1.82) is 5.41 Å². The van der Waals surface area contributed by atoms with Crippen molar-refractivity contribution in [3.05, 3.63) is 92.4 Å². The molecule has 0 unspecified atom stereocenters. The maximum atomic E-state index is 12.9. The Balaban J connectivity index is 1.33. The second-order valence-electron chi connectivity index (χ2n) is 8.45. The topological polar surface area (TPSA) is 96.6 Å². The summed E-state index contributed by atoms with van der Waals surface area (Å²) in [5, 5.41) is 15.9. The van der Waals surface area contributed by atoms with Crippen LogP contribution in [0.5, 0.6) is 17.2 Å². The number of aliphatic imine (C=N–C) groups is 1. The average molecular weight is 626 g/mol. The van der Waals surface area contributed by atoms with Gasteiger partial charge in [0.1, 0.15) is 24.0 Å². The van der Waals surface area contributed by atoms with E-state index in [0.29, 0.717) is 55.5 Å². The molecule has 1 amide bonds. The number of halogens is 2. The number of hydrogen-bond donors (Lipinski definition) is 1. The van der Waals surface area contributed by atoms with Gasteiger partial charge in [-0.3, -0.25) is 10.2 Å². The highest BCUT2D eigenvalue weighted by Gasteiger charge is 2.36. The zero-order valence-corrected chi connectivity index (χ0v) is 24.1. The van der Waals surface area contributed by atoms with Crippen LogP contribution in [0.2, 0.25) is 5.02 Å². The molecule has 0 spiro atoms. The van der Waals surface area contributed by atoms with E-state index in [1.807, 2.05) is 49.4 Å². The van der Waals surface area contributed by atoms with Gasteiger partial charge in [0.2, 0.25) is 5.17 Å². The van der Waals surface area contributed by atoms with E-state index < -0.39 is 5.91 Å². The molecule has 0 bridgehead atoms. The lowest BCUT2D eigenvalue weighted by atomic mass is 10.1. The standard InChI is InChI=1S/C28H22BrClN4O4S/c1-16-6-5-7-18(12-16)37-10-11-38-24-21(29)14-17(15-23(24)36-2)13-20-25(31)34-28(32-26(20)35)39-27(33-34)19-8-3-4-9-22(19)30/h3-9,12-15,31H,10-11H2,1-2H3/b20-13-,31-25?. The lowest BCUT2D eigenvalue weighted by Crippen LogP contribution is -2.35. The van der Waals surface area contributed by atoms with Crippen LogP contribution in [0.15, 0.2) is 80.8 Å². The normalized spacial score (nSPS) is 15.7. The maximum absolute atomic E-state index is 12.9. The van der Waals surface area contributed by atoms with Crippen molar-refractivity contribution < 1.29 is 19.0 Å². The Morgan fingerprint density at radius 2 is 1.90 bits per heavy atom. The van der Waals surface area contributed by atoms with Crippen LogP contribution >= 0.6 is 39.3 Å². The third-order valence-electron chi connectivity index (χ3n) is 5.71. The first-order valence-electron chi connectivity index (χ1n) is 11.8. The molecular weight excluding hydrogens is 604 g/mol. The predicted molar refractivity (Wildman–Crippen MR) is 158 cm³/mol. The third-order valence-corrected chi connectivity index (χ3v) is 7.57. The Hall–Kier alpha value is -3.60. The number of amides is 1. The zero-order valence-electron chi connectivity index (χ0n) is 20.9. The van der Waals surface area contributed by atoms with Gasteiger partial charge in [-0.1, -0.05) is 41.9 Å². The maximum Gasteiger partial charge on any atom is 0.283 e. The number of ether oxygens (including phenoxy) is 3. The highest BCUT2D eigenvalue weighted by atomic mass is 79.9. The fraction of sp³-hybridized carbons (Fsp3) is 0.143. The van der Waals surface area contributed by atoms with Crippen LogP contribution in [0.1, 0.15) is 16.7 Å². The van der Waals surface area contributed by atoms with E-state index in [4.69, 9.17) is 31.2 Å². The molecule has 2 aliphatic rings. The summed E-state index contributed by atoms with van der Waals surface area (Å²) < 4.78 is 17.9. The number of aryl methyl sites for hydroxylation is 1. The SMILES string of the molecule is COc1cc(/C=C2/C(=N)N3N=C(c4ccccc4Cl)SC3=NC2=O)cc(Br)c1OCCOc1cccc(C)c1. The second-order valence-corrected chi connectivity index (χ2v) is 10.7. The number of carbonyl (C=O) groups is 1. The third kappa shape index (κ3) is 5.88. The average Bonchev–Trinajstić information content (AvgIpc) is 3.34. The predicted octanol–water partition coefficient (Wildman–Crippen LogP) is 6.54. The number of hydrogen-bond acceptors (Lipinski definition) is 7. The van der Waals surface area contributed by atoms with Gasteiger partial charge in [-0.2, -0.15) is 15.1 Å². The van der Waals surface area contributed by atoms with Crippen molar-refractivity contribution in [2.75, 3.05) is 20.3 Å². The Kier molecular flexibility index (Phi) is 8.06. The fourth-order valence-corrected chi connectivity index (χ4v) is 5.66. The van der Waals surface area contributed by atoms with Gasteiger partial charge in [0, 0.05) is 5.56 Å². The van der Waals surface area contributed by atoms with Gasteiger partial charge in [-0.25, -0.2) is 0 Å². The monoisotopic (exact) mass is 624 g/mol. The van der Waals surface area contributed by atoms with Crippen LogP contribution in [0.4, 0.5) is 0 Å². The molecule has 8 nitrogen and oxygen atoms in total. The molecule has 2 heterocycles. The van der Waals surface area contributed by atoms with Gasteiger partial charge < -0.3 is 14.2 Å². The van der Waals surface area contributed by atoms with Crippen LogP contribution in [-0.2, 0) is 4.79 Å². The highest BCUT2D eigenvalue weighted by molar-refractivity contribution is 9.10. The molecule has 11 heteroatoms. The number of hydrazone groups is 1. The number of amidine groups is 2. The lowest BCUT2D eigenvalue weighted by molar-refractivity contribution is -0.114. The van der Waals surface area contributed by atoms with Gasteiger partial charge in [-0.15, -0.1) is 0 Å². The van der Waals surface area contributed by atoms with Crippen LogP contribution < -0.4 is 14.2 Å². The van der Waals surface area contributed by atoms with Gasteiger partial charge in [-0.05, 0) is 82.2 Å². The van der Waals surface area contributed by atoms with E-state index >= 15 is 0 Å². The first-order valence-corrected chi connectivity index (χ1v) is 13.8. The number of fused-ring (bicyclic) bond motifs is 1. The summed E-state index contributed by atoms with van der Waals surface area (Å²) in [7, 11) is 1.53. The van der Waals surface area contributed by atoms with Crippen molar-refractivity contribution in [3.63, 3.8) is 0 Å². The fourth-order valence-electron chi connectivity index (χ4n) is 3.87. The van der Waals surface area contributed by atoms with E-state index in [-0.39, 0.29) is 11.4 Å². The van der Waals surface area contributed by atoms with Crippen molar-refractivity contribution in [3.8, 4) is 17.2 Å². The molecule has 0 saturated heterocycles. The summed E-state index contributed by atoms with van der Waals surface area (Å²) in [6.07, 6.45) is 1.58. The number of rotatable bonds is 8. The molecule has 0 aromatic heterocycles. The quantitative estimate of drug-likeness (QED) is 0.225. The number of carbonyl (C=O) groups excluding carboxylic acids is 1. The van der Waals surface area contributed by atoms with Crippen LogP contribution in [0.3, 0.4) is 0 Å². The van der Waals surface area contributed by atoms with Crippen molar-refractivity contribution >= 4 is 67.3 Å². The van der Waals surface area contributed by atoms with Gasteiger partial charge >= 0.3 is 0 Å². The molecule has 0 atom stereocenters. The summed E-state index contributed by atoms with van der Waals surface area (Å²) >= 11 is 11.0. The lowest BCUT2D eigenvalue weighted by Gasteiger charge is -2.20. The summed E-state index contributed by atoms with van der Waals surface area (Å²) in [4.78, 5) is 17.0. The molecular formula is C28H22BrClN4O4S. The van der Waals surface area contributed by atoms with E-state index in [1.54, 1.807) is 24.3 Å². The molecule has 0 fully saturated rings. The minimum absolute atomic E-state index is 0.0803. The molecule has 1 N–H and O–H groups in total. The molecule has 3 aromatic carbocycles. The number of methoxy groups -OCH3 is 1. The summed E-state index contributed by atoms with van der Waals surface area (Å²) in [5.41, 5.74) is 2.54. The summed E-state index contributed by atoms with van der Waals surface area (Å²) in [5.74, 6) is 1.13. The Morgan fingerprint density at radius 1 is 1.10 bits per heavy atom. The molecule has 0 aliphatic carbocycles. The minimum Gasteiger partial charge on any atom is -0.493 e. The molecule has 198 valence electrons. The first-order chi connectivity index (χ1) is 18.8. The van der Waals surface area contributed by atoms with Gasteiger partial charge in [0.25, 0.3) is 5.91 Å². The van der Waals surface area contributed by atoms with Gasteiger partial charge in [0.05, 0.1) is 22.2 Å². The van der Waals surface area contributed by atoms with E-state index in [2.05, 4.69) is 26.0 Å². The van der Waals surface area contributed by atoms with E-state index in [1.165, 1.54) is 23.9 Å². The smallest absolute Gasteiger partial charge is 0.283 e. The summed E-state index contributed by atoms with van der Waals surface area (Å²) in [6.45, 7) is 2.65. The Labute approximate surface area is 242 Å². The Bertz CT molecular complexity index is 1570. The molecule has 0 saturated carbocycles. The van der Waals surface area contributed by atoms with Crippen LogP contribution in [-0.4, -0.2) is 47.3 Å². The zero-order chi connectivity index (χ0) is 27.5. The number of nitrogens with zero attached hydrogens (tertiary/aromatic N) is 3. The molecule has 3 aromatic rings. The van der Waals surface area contributed by atoms with Gasteiger partial charge in [0.15, 0.2) is 17.3 Å². The summed E-state index contributed by atoms with van der Waals surface area (Å²) in [6, 6.07) is 18.6. The van der Waals surface area contributed by atoms with E-state index in [9.17, 15) is 4.79 Å². The van der Waals surface area contributed by atoms with Crippen molar-refractivity contribution in [1.82, 2.24) is 5.01 Å².